The van der Waals surface area contributed by atoms with Crippen LogP contribution in [0, 0.1) is 0 Å². The number of aromatic amines is 1. The van der Waals surface area contributed by atoms with E-state index in [0.717, 1.165) is 29.6 Å². The molecule has 1 amide bonds. The minimum Gasteiger partial charge on any atom is -0.352 e. The van der Waals surface area contributed by atoms with Crippen molar-refractivity contribution in [2.75, 3.05) is 11.9 Å². The Bertz CT molecular complexity index is 776. The zero-order valence-electron chi connectivity index (χ0n) is 13.1. The van der Waals surface area contributed by atoms with Gasteiger partial charge in [0, 0.05) is 17.8 Å². The van der Waals surface area contributed by atoms with Crippen LogP contribution in [0.1, 0.15) is 30.1 Å². The van der Waals surface area contributed by atoms with Crippen LogP contribution in [0.15, 0.2) is 48.5 Å². The lowest BCUT2D eigenvalue weighted by atomic mass is 10.2. The Balaban J connectivity index is 1.73. The van der Waals surface area contributed by atoms with Gasteiger partial charge in [0.05, 0.1) is 11.0 Å². The number of fused-ring (bicyclic) bond motifs is 1. The molecule has 0 radical (unpaired) electrons. The van der Waals surface area contributed by atoms with Crippen molar-refractivity contribution in [1.82, 2.24) is 15.3 Å². The molecule has 0 aliphatic rings. The van der Waals surface area contributed by atoms with Crippen molar-refractivity contribution >= 4 is 28.6 Å². The summed E-state index contributed by atoms with van der Waals surface area (Å²) in [6, 6.07) is 15.3. The lowest BCUT2D eigenvalue weighted by Gasteiger charge is -2.07. The molecule has 0 atom stereocenters. The number of aromatic nitrogens is 2. The van der Waals surface area contributed by atoms with Crippen molar-refractivity contribution in [1.29, 1.82) is 0 Å². The quantitative estimate of drug-likeness (QED) is 0.606. The van der Waals surface area contributed by atoms with Crippen molar-refractivity contribution in [3.63, 3.8) is 0 Å². The van der Waals surface area contributed by atoms with Gasteiger partial charge in [0.25, 0.3) is 5.91 Å². The summed E-state index contributed by atoms with van der Waals surface area (Å²) >= 11 is 0. The molecule has 0 aliphatic carbocycles. The highest BCUT2D eigenvalue weighted by atomic mass is 16.1. The average molecular weight is 308 g/mol. The highest BCUT2D eigenvalue weighted by Gasteiger charge is 2.07. The number of imidazole rings is 1. The predicted octanol–water partition coefficient (Wildman–Crippen LogP) is 3.84. The third-order valence-electron chi connectivity index (χ3n) is 3.59. The van der Waals surface area contributed by atoms with E-state index in [1.807, 2.05) is 48.5 Å². The molecule has 3 N–H and O–H groups in total. The van der Waals surface area contributed by atoms with Gasteiger partial charge in [0.1, 0.15) is 0 Å². The fourth-order valence-corrected chi connectivity index (χ4v) is 2.37. The summed E-state index contributed by atoms with van der Waals surface area (Å²) in [6.07, 6.45) is 2.05. The molecule has 0 saturated heterocycles. The lowest BCUT2D eigenvalue weighted by Crippen LogP contribution is -2.24. The molecular formula is C18H20N4O. The molecule has 0 spiro atoms. The first kappa shape index (κ1) is 15.1. The molecule has 5 heteroatoms. The highest BCUT2D eigenvalue weighted by Crippen LogP contribution is 2.19. The smallest absolute Gasteiger partial charge is 0.251 e. The van der Waals surface area contributed by atoms with Crippen molar-refractivity contribution < 1.29 is 4.79 Å². The van der Waals surface area contributed by atoms with Crippen molar-refractivity contribution in [3.8, 4) is 0 Å². The first-order chi connectivity index (χ1) is 11.3. The Morgan fingerprint density at radius 3 is 2.87 bits per heavy atom. The molecule has 3 aromatic rings. The molecule has 0 fully saturated rings. The first-order valence-corrected chi connectivity index (χ1v) is 7.86. The number of nitrogens with one attached hydrogen (secondary N) is 3. The number of para-hydroxylation sites is 2. The van der Waals surface area contributed by atoms with Crippen LogP contribution in [0.4, 0.5) is 11.6 Å². The van der Waals surface area contributed by atoms with Crippen LogP contribution < -0.4 is 10.6 Å². The standard InChI is InChI=1S/C18H20N4O/c1-2-3-11-19-17(23)13-7-6-8-14(12-13)20-18-21-15-9-4-5-10-16(15)22-18/h4-10,12H,2-3,11H2,1H3,(H,19,23)(H2,20,21,22). The summed E-state index contributed by atoms with van der Waals surface area (Å²) in [5.74, 6) is 0.612. The number of hydrogen-bond acceptors (Lipinski definition) is 3. The number of benzene rings is 2. The van der Waals surface area contributed by atoms with E-state index in [0.29, 0.717) is 18.1 Å². The third kappa shape index (κ3) is 3.69. The van der Waals surface area contributed by atoms with Crippen LogP contribution in [0.3, 0.4) is 0 Å². The molecular weight excluding hydrogens is 288 g/mol. The molecule has 0 aliphatic heterocycles. The number of hydrogen-bond donors (Lipinski definition) is 3. The van der Waals surface area contributed by atoms with Crippen molar-refractivity contribution in [3.05, 3.63) is 54.1 Å². The van der Waals surface area contributed by atoms with E-state index in [1.54, 1.807) is 0 Å². The van der Waals surface area contributed by atoms with Gasteiger partial charge in [-0.1, -0.05) is 31.5 Å². The molecule has 23 heavy (non-hydrogen) atoms. The summed E-state index contributed by atoms with van der Waals surface area (Å²) in [5.41, 5.74) is 3.35. The maximum Gasteiger partial charge on any atom is 0.251 e. The Kier molecular flexibility index (Phi) is 4.57. The van der Waals surface area contributed by atoms with E-state index >= 15 is 0 Å². The molecule has 0 unspecified atom stereocenters. The van der Waals surface area contributed by atoms with Gasteiger partial charge in [-0.05, 0) is 36.8 Å². The summed E-state index contributed by atoms with van der Waals surface area (Å²) in [4.78, 5) is 19.8. The van der Waals surface area contributed by atoms with Gasteiger partial charge in [0.2, 0.25) is 5.95 Å². The van der Waals surface area contributed by atoms with E-state index in [2.05, 4.69) is 27.5 Å². The van der Waals surface area contributed by atoms with E-state index < -0.39 is 0 Å². The zero-order chi connectivity index (χ0) is 16.1. The van der Waals surface area contributed by atoms with E-state index in [9.17, 15) is 4.79 Å². The number of nitrogens with zero attached hydrogens (tertiary/aromatic N) is 1. The Morgan fingerprint density at radius 2 is 2.04 bits per heavy atom. The minimum absolute atomic E-state index is 0.0493. The van der Waals surface area contributed by atoms with Crippen LogP contribution in [-0.4, -0.2) is 22.4 Å². The van der Waals surface area contributed by atoms with E-state index in [-0.39, 0.29) is 5.91 Å². The second-order valence-corrected chi connectivity index (χ2v) is 5.42. The molecule has 1 heterocycles. The maximum absolute atomic E-state index is 12.1. The highest BCUT2D eigenvalue weighted by molar-refractivity contribution is 5.95. The first-order valence-electron chi connectivity index (χ1n) is 7.86. The molecule has 0 bridgehead atoms. The number of unbranched alkanes of at least 4 members (excludes halogenated alkanes) is 1. The van der Waals surface area contributed by atoms with Crippen LogP contribution in [-0.2, 0) is 0 Å². The summed E-state index contributed by atoms with van der Waals surface area (Å²) in [5, 5.41) is 6.13. The number of amides is 1. The van der Waals surface area contributed by atoms with Gasteiger partial charge in [-0.2, -0.15) is 0 Å². The predicted molar refractivity (Wildman–Crippen MR) is 93.1 cm³/mol. The summed E-state index contributed by atoms with van der Waals surface area (Å²) in [7, 11) is 0. The van der Waals surface area contributed by atoms with Gasteiger partial charge in [-0.15, -0.1) is 0 Å². The molecule has 5 nitrogen and oxygen atoms in total. The van der Waals surface area contributed by atoms with Crippen LogP contribution in [0.5, 0.6) is 0 Å². The monoisotopic (exact) mass is 308 g/mol. The second kappa shape index (κ2) is 6.96. The van der Waals surface area contributed by atoms with Crippen LogP contribution >= 0.6 is 0 Å². The van der Waals surface area contributed by atoms with Crippen LogP contribution in [0.25, 0.3) is 11.0 Å². The van der Waals surface area contributed by atoms with Gasteiger partial charge in [0.15, 0.2) is 0 Å². The fourth-order valence-electron chi connectivity index (χ4n) is 2.37. The van der Waals surface area contributed by atoms with Gasteiger partial charge >= 0.3 is 0 Å². The van der Waals surface area contributed by atoms with E-state index in [4.69, 9.17) is 0 Å². The number of rotatable bonds is 6. The number of carbonyl (C=O) groups is 1. The number of carbonyl (C=O) groups excluding carboxylic acids is 1. The lowest BCUT2D eigenvalue weighted by molar-refractivity contribution is 0.0953. The molecule has 3 rings (SSSR count). The van der Waals surface area contributed by atoms with Crippen molar-refractivity contribution in [2.24, 2.45) is 0 Å². The normalized spacial score (nSPS) is 10.7. The average Bonchev–Trinajstić information content (AvgIpc) is 2.97. The third-order valence-corrected chi connectivity index (χ3v) is 3.59. The number of anilines is 2. The van der Waals surface area contributed by atoms with E-state index in [1.165, 1.54) is 0 Å². The van der Waals surface area contributed by atoms with Gasteiger partial charge in [-0.25, -0.2) is 4.98 Å². The summed E-state index contributed by atoms with van der Waals surface area (Å²) < 4.78 is 0. The molecule has 1 aromatic heterocycles. The van der Waals surface area contributed by atoms with Gasteiger partial charge in [-0.3, -0.25) is 4.79 Å². The maximum atomic E-state index is 12.1. The topological polar surface area (TPSA) is 69.8 Å². The number of H-pyrrole nitrogens is 1. The zero-order valence-corrected chi connectivity index (χ0v) is 13.1. The Labute approximate surface area is 135 Å². The summed E-state index contributed by atoms with van der Waals surface area (Å²) in [6.45, 7) is 2.81. The second-order valence-electron chi connectivity index (χ2n) is 5.42. The SMILES string of the molecule is CCCCNC(=O)c1cccc(Nc2nc3ccccc3[nH]2)c1. The largest absolute Gasteiger partial charge is 0.352 e. The van der Waals surface area contributed by atoms with Gasteiger partial charge < -0.3 is 15.6 Å². The Morgan fingerprint density at radius 1 is 1.17 bits per heavy atom. The fraction of sp³-hybridized carbons (Fsp3) is 0.222. The minimum atomic E-state index is -0.0493. The molecule has 2 aromatic carbocycles. The van der Waals surface area contributed by atoms with Crippen molar-refractivity contribution in [2.45, 2.75) is 19.8 Å². The Hall–Kier alpha value is -2.82. The molecule has 0 saturated carbocycles. The van der Waals surface area contributed by atoms with Crippen LogP contribution in [0.2, 0.25) is 0 Å². The molecule has 118 valence electrons.